The zero-order chi connectivity index (χ0) is 45.8. The third-order valence-electron chi connectivity index (χ3n) is 11.9. The van der Waals surface area contributed by atoms with E-state index in [-0.39, 0.29) is 28.6 Å². The second kappa shape index (κ2) is 21.8. The molecule has 0 fully saturated rings. The molecule has 342 valence electrons. The number of aryl methyl sites for hydroxylation is 1. The van der Waals surface area contributed by atoms with Crippen LogP contribution >= 0.6 is 0 Å². The molecule has 0 atom stereocenters. The predicted octanol–water partition coefficient (Wildman–Crippen LogP) is 7.76. The minimum atomic E-state index is -4.37. The van der Waals surface area contributed by atoms with E-state index in [0.29, 0.717) is 44.8 Å². The molecule has 15 nitrogen and oxygen atoms in total. The molecule has 0 saturated carbocycles. The fourth-order valence-corrected chi connectivity index (χ4v) is 9.07. The number of anilines is 3. The lowest BCUT2D eigenvalue weighted by molar-refractivity contribution is -0.437. The highest BCUT2D eigenvalue weighted by molar-refractivity contribution is 7.85. The second-order valence-corrected chi connectivity index (χ2v) is 19.1. The number of nitrogens with one attached hydrogen (secondary N) is 4. The van der Waals surface area contributed by atoms with Gasteiger partial charge in [0.2, 0.25) is 23.5 Å². The number of unbranched alkanes of at least 4 members (excludes halogenated alkanes) is 6. The van der Waals surface area contributed by atoms with E-state index in [1.807, 2.05) is 0 Å². The quantitative estimate of drug-likeness (QED) is 0.0274. The van der Waals surface area contributed by atoms with Gasteiger partial charge in [-0.2, -0.15) is 23.0 Å². The molecule has 5 rings (SSSR count). The number of H-pyrrole nitrogens is 1. The maximum atomic E-state index is 12.5. The molecule has 2 aliphatic heterocycles. The Balaban J connectivity index is 1.09. The molecule has 1 aromatic heterocycles. The van der Waals surface area contributed by atoms with Crippen LogP contribution in [-0.4, -0.2) is 87.9 Å². The minimum absolute atomic E-state index is 0.00351. The van der Waals surface area contributed by atoms with Gasteiger partial charge < -0.3 is 26.0 Å². The first kappa shape index (κ1) is 48.7. The lowest BCUT2D eigenvalue weighted by Crippen LogP contribution is -2.28. The summed E-state index contributed by atoms with van der Waals surface area (Å²) in [5.41, 5.74) is 6.67. The molecule has 2 aromatic carbocycles. The fraction of sp³-hybridized carbons (Fsp3) is 0.532. The summed E-state index contributed by atoms with van der Waals surface area (Å²) in [6.45, 7) is 16.2. The maximum absolute atomic E-state index is 12.5. The Hall–Kier alpha value is -5.35. The number of carboxylic acid groups (broad SMARTS) is 1. The Morgan fingerprint density at radius 1 is 0.857 bits per heavy atom. The van der Waals surface area contributed by atoms with Gasteiger partial charge in [0.05, 0.1) is 10.3 Å². The normalized spacial score (nSPS) is 15.9. The number of aliphatic carboxylic acids is 1. The van der Waals surface area contributed by atoms with Crippen LogP contribution in [0.5, 0.6) is 0 Å². The summed E-state index contributed by atoms with van der Waals surface area (Å²) in [5, 5.41) is 17.8. The van der Waals surface area contributed by atoms with Crippen molar-refractivity contribution in [2.75, 3.05) is 48.3 Å². The third-order valence-corrected chi connectivity index (χ3v) is 12.8. The molecule has 1 amide bonds. The van der Waals surface area contributed by atoms with Gasteiger partial charge in [0.25, 0.3) is 10.1 Å². The number of nitrogens with zero attached hydrogens (tertiary/aromatic N) is 4. The van der Waals surface area contributed by atoms with Crippen molar-refractivity contribution < 1.29 is 32.2 Å². The number of aromatic nitrogens is 3. The molecule has 0 aliphatic carbocycles. The van der Waals surface area contributed by atoms with E-state index in [1.54, 1.807) is 12.1 Å². The Labute approximate surface area is 372 Å². The number of benzene rings is 2. The van der Waals surface area contributed by atoms with Gasteiger partial charge in [0, 0.05) is 79.9 Å². The van der Waals surface area contributed by atoms with Crippen LogP contribution in [-0.2, 0) is 30.5 Å². The minimum Gasteiger partial charge on any atom is -0.481 e. The highest BCUT2D eigenvalue weighted by Crippen LogP contribution is 2.49. The lowest BCUT2D eigenvalue weighted by atomic mass is 9.80. The van der Waals surface area contributed by atoms with Crippen molar-refractivity contribution in [1.82, 2.24) is 20.3 Å². The molecular formula is C47H67N8O7S+. The average Bonchev–Trinajstić information content (AvgIpc) is 3.55. The Morgan fingerprint density at radius 2 is 1.57 bits per heavy atom. The molecule has 0 unspecified atom stereocenters. The van der Waals surface area contributed by atoms with Gasteiger partial charge in [-0.1, -0.05) is 64.2 Å². The summed E-state index contributed by atoms with van der Waals surface area (Å²) in [7, 11) is -4.37. The molecule has 63 heavy (non-hydrogen) atoms. The van der Waals surface area contributed by atoms with Crippen molar-refractivity contribution in [2.45, 2.75) is 134 Å². The van der Waals surface area contributed by atoms with Crippen molar-refractivity contribution in [2.24, 2.45) is 0 Å². The maximum Gasteiger partial charge on any atom is 0.350 e. The smallest absolute Gasteiger partial charge is 0.350 e. The average molecular weight is 888 g/mol. The van der Waals surface area contributed by atoms with Gasteiger partial charge in [-0.15, -0.1) is 0 Å². The van der Waals surface area contributed by atoms with E-state index in [9.17, 15) is 27.4 Å². The SMILES string of the molecule is CCC[N+]1=C(/C=C/C=C2/N(CCCCCCCC(=O)NCCCNc3nc(NCCCCCC(=O)O)[nH]c(=O)n3)c3ccc(S(=O)(=O)O)cc3C2(C)C)C(C)(C)c2cc(C)ccc21. The van der Waals surface area contributed by atoms with Crippen molar-refractivity contribution >= 4 is 51.0 Å². The van der Waals surface area contributed by atoms with Crippen LogP contribution in [0.1, 0.15) is 128 Å². The van der Waals surface area contributed by atoms with Gasteiger partial charge in [0.15, 0.2) is 5.71 Å². The van der Waals surface area contributed by atoms with Crippen molar-refractivity contribution in [1.29, 1.82) is 0 Å². The first-order valence-corrected chi connectivity index (χ1v) is 23.9. The second-order valence-electron chi connectivity index (χ2n) is 17.6. The van der Waals surface area contributed by atoms with E-state index in [1.165, 1.54) is 28.6 Å². The molecule has 0 saturated heterocycles. The molecule has 0 bridgehead atoms. The van der Waals surface area contributed by atoms with E-state index in [0.717, 1.165) is 81.4 Å². The van der Waals surface area contributed by atoms with Gasteiger partial charge in [-0.3, -0.25) is 19.1 Å². The largest absolute Gasteiger partial charge is 0.481 e. The van der Waals surface area contributed by atoms with Crippen LogP contribution in [0.25, 0.3) is 0 Å². The first-order valence-electron chi connectivity index (χ1n) is 22.4. The predicted molar refractivity (Wildman–Crippen MR) is 249 cm³/mol. The zero-order valence-electron chi connectivity index (χ0n) is 37.8. The van der Waals surface area contributed by atoms with Crippen molar-refractivity contribution in [3.63, 3.8) is 0 Å². The van der Waals surface area contributed by atoms with Crippen LogP contribution in [0.3, 0.4) is 0 Å². The summed E-state index contributed by atoms with van der Waals surface area (Å²) in [4.78, 5) is 48.0. The number of carbonyl (C=O) groups is 2. The summed E-state index contributed by atoms with van der Waals surface area (Å²) in [6, 6.07) is 11.6. The standard InChI is InChI=1S/C47H66N8O7S/c1-7-29-54-37-24-22-33(2)31-35(37)46(3,4)39(54)18-16-19-40-47(5,6)36-32-34(63(60,61)62)23-25-38(36)55(40)30-15-10-8-9-12-20-41(56)48-27-17-28-50-44-51-43(52-45(59)53-44)49-26-14-11-13-21-42(57)58/h16,18-19,22-25,31-32H,7-15,17,20-21,26-30H2,1-6H3,(H5-,48,49,50,51,52,53,56,57,58,59,60,61,62)/p+1. The molecule has 0 spiro atoms. The fourth-order valence-electron chi connectivity index (χ4n) is 8.56. The Morgan fingerprint density at radius 3 is 2.32 bits per heavy atom. The zero-order valence-corrected chi connectivity index (χ0v) is 38.7. The van der Waals surface area contributed by atoms with Crippen LogP contribution in [0.2, 0.25) is 0 Å². The Bertz CT molecular complexity index is 2370. The number of allylic oxidation sites excluding steroid dienone is 4. The van der Waals surface area contributed by atoms with Crippen LogP contribution in [0.15, 0.2) is 70.0 Å². The van der Waals surface area contributed by atoms with Crippen LogP contribution in [0.4, 0.5) is 23.3 Å². The lowest BCUT2D eigenvalue weighted by Gasteiger charge is -2.27. The molecule has 3 heterocycles. The number of carboxylic acids is 1. The van der Waals surface area contributed by atoms with E-state index in [4.69, 9.17) is 5.11 Å². The molecule has 0 radical (unpaired) electrons. The topological polar surface area (TPSA) is 210 Å². The van der Waals surface area contributed by atoms with Gasteiger partial charge in [-0.05, 0) is 88.8 Å². The third kappa shape index (κ3) is 12.9. The number of aromatic amines is 1. The monoisotopic (exact) mass is 887 g/mol. The summed E-state index contributed by atoms with van der Waals surface area (Å²) in [6.07, 6.45) is 15.4. The van der Waals surface area contributed by atoms with Crippen LogP contribution < -0.4 is 26.5 Å². The highest BCUT2D eigenvalue weighted by atomic mass is 32.2. The molecular weight excluding hydrogens is 821 g/mol. The van der Waals surface area contributed by atoms with E-state index < -0.39 is 27.2 Å². The molecule has 3 aromatic rings. The number of amides is 1. The van der Waals surface area contributed by atoms with E-state index >= 15 is 0 Å². The molecule has 2 aliphatic rings. The number of hydrogen-bond donors (Lipinski definition) is 6. The van der Waals surface area contributed by atoms with Gasteiger partial charge in [0.1, 0.15) is 6.54 Å². The summed E-state index contributed by atoms with van der Waals surface area (Å²) in [5.74, 6) is -0.334. The van der Waals surface area contributed by atoms with Crippen molar-refractivity contribution in [3.8, 4) is 0 Å². The number of rotatable bonds is 25. The molecule has 16 heteroatoms. The molecule has 6 N–H and O–H groups in total. The van der Waals surface area contributed by atoms with Crippen LogP contribution in [0, 0.1) is 6.92 Å². The Kier molecular flexibility index (Phi) is 16.9. The number of hydrogen-bond acceptors (Lipinski definition) is 10. The summed E-state index contributed by atoms with van der Waals surface area (Å²) < 4.78 is 36.7. The number of fused-ring (bicyclic) bond motifs is 2. The van der Waals surface area contributed by atoms with Gasteiger partial charge in [-0.25, -0.2) is 4.79 Å². The highest BCUT2D eigenvalue weighted by Gasteiger charge is 2.44. The number of carbonyl (C=O) groups excluding carboxylic acids is 1. The first-order chi connectivity index (χ1) is 29.9. The van der Waals surface area contributed by atoms with E-state index in [2.05, 4.69) is 118 Å². The summed E-state index contributed by atoms with van der Waals surface area (Å²) >= 11 is 0. The van der Waals surface area contributed by atoms with Crippen molar-refractivity contribution in [3.05, 3.63) is 87.5 Å². The van der Waals surface area contributed by atoms with Gasteiger partial charge >= 0.3 is 11.7 Å².